The maximum absolute atomic E-state index is 11.4. The van der Waals surface area contributed by atoms with Crippen LogP contribution in [0.15, 0.2) is 18.3 Å². The van der Waals surface area contributed by atoms with Gasteiger partial charge in [-0.1, -0.05) is 0 Å². The number of aliphatic hydroxyl groups is 1. The summed E-state index contributed by atoms with van der Waals surface area (Å²) in [5.74, 6) is 0.112. The molecule has 17 heavy (non-hydrogen) atoms. The molecule has 1 unspecified atom stereocenters. The fraction of sp³-hybridized carbons (Fsp3) is 0.500. The lowest BCUT2D eigenvalue weighted by atomic mass is 10.2. The Hall–Kier alpha value is -1.62. The molecule has 0 saturated carbocycles. The van der Waals surface area contributed by atoms with Crippen LogP contribution in [0.1, 0.15) is 30.1 Å². The van der Waals surface area contributed by atoms with E-state index in [1.54, 1.807) is 25.3 Å². The molecule has 0 aliphatic heterocycles. The second-order valence-electron chi connectivity index (χ2n) is 3.81. The van der Waals surface area contributed by atoms with Crippen molar-refractivity contribution >= 4 is 11.8 Å². The molecule has 0 fully saturated rings. The minimum atomic E-state index is -0.406. The number of nitrogens with zero attached hydrogens (tertiary/aromatic N) is 1. The number of hydrogen-bond donors (Lipinski definition) is 2. The molecule has 0 radical (unpaired) electrons. The van der Waals surface area contributed by atoms with E-state index in [4.69, 9.17) is 5.11 Å². The van der Waals surface area contributed by atoms with Gasteiger partial charge >= 0.3 is 5.97 Å². The maximum atomic E-state index is 11.4. The van der Waals surface area contributed by atoms with Crippen LogP contribution in [-0.4, -0.2) is 35.8 Å². The minimum Gasteiger partial charge on any atom is -0.465 e. The van der Waals surface area contributed by atoms with E-state index in [0.717, 1.165) is 6.42 Å². The van der Waals surface area contributed by atoms with Gasteiger partial charge in [-0.3, -0.25) is 0 Å². The molecule has 0 amide bonds. The van der Waals surface area contributed by atoms with E-state index >= 15 is 0 Å². The SMILES string of the molecule is COC(=O)c1cccnc1NCCCC(C)O. The number of carbonyl (C=O) groups is 1. The topological polar surface area (TPSA) is 71.5 Å². The minimum absolute atomic E-state index is 0.305. The third-order valence-electron chi connectivity index (χ3n) is 2.30. The summed E-state index contributed by atoms with van der Waals surface area (Å²) >= 11 is 0. The average molecular weight is 238 g/mol. The molecule has 2 N–H and O–H groups in total. The van der Waals surface area contributed by atoms with Gasteiger partial charge in [-0.05, 0) is 31.9 Å². The van der Waals surface area contributed by atoms with Gasteiger partial charge in [0.2, 0.25) is 0 Å². The van der Waals surface area contributed by atoms with Gasteiger partial charge in [-0.15, -0.1) is 0 Å². The Bertz CT molecular complexity index is 367. The standard InChI is InChI=1S/C12H18N2O3/c1-9(15)5-3-7-13-11-10(12(16)17-2)6-4-8-14-11/h4,6,8-9,15H,3,5,7H2,1-2H3,(H,13,14). The number of anilines is 1. The van der Waals surface area contributed by atoms with E-state index in [9.17, 15) is 4.79 Å². The van der Waals surface area contributed by atoms with Crippen LogP contribution in [0.25, 0.3) is 0 Å². The second kappa shape index (κ2) is 6.85. The number of methoxy groups -OCH3 is 1. The summed E-state index contributed by atoms with van der Waals surface area (Å²) in [5, 5.41) is 12.2. The Kier molecular flexibility index (Phi) is 5.42. The summed E-state index contributed by atoms with van der Waals surface area (Å²) in [6.07, 6.45) is 2.84. The maximum Gasteiger partial charge on any atom is 0.341 e. The molecule has 0 saturated heterocycles. The normalized spacial score (nSPS) is 11.9. The van der Waals surface area contributed by atoms with Crippen molar-refractivity contribution in [1.82, 2.24) is 4.98 Å². The van der Waals surface area contributed by atoms with Crippen LogP contribution in [0.3, 0.4) is 0 Å². The number of hydrogen-bond acceptors (Lipinski definition) is 5. The number of ether oxygens (including phenoxy) is 1. The van der Waals surface area contributed by atoms with Gasteiger partial charge in [0, 0.05) is 12.7 Å². The lowest BCUT2D eigenvalue weighted by molar-refractivity contribution is 0.0601. The van der Waals surface area contributed by atoms with Crippen molar-refractivity contribution in [2.75, 3.05) is 19.0 Å². The van der Waals surface area contributed by atoms with Gasteiger partial charge in [0.1, 0.15) is 11.4 Å². The van der Waals surface area contributed by atoms with E-state index in [-0.39, 0.29) is 6.10 Å². The third-order valence-corrected chi connectivity index (χ3v) is 2.30. The zero-order valence-electron chi connectivity index (χ0n) is 10.1. The molecule has 0 aliphatic carbocycles. The number of carbonyl (C=O) groups excluding carboxylic acids is 1. The smallest absolute Gasteiger partial charge is 0.341 e. The lowest BCUT2D eigenvalue weighted by Crippen LogP contribution is -2.12. The highest BCUT2D eigenvalue weighted by atomic mass is 16.5. The number of rotatable bonds is 6. The number of nitrogens with one attached hydrogen (secondary N) is 1. The van der Waals surface area contributed by atoms with Crippen molar-refractivity contribution in [3.8, 4) is 0 Å². The summed E-state index contributed by atoms with van der Waals surface area (Å²) in [7, 11) is 1.34. The zero-order valence-corrected chi connectivity index (χ0v) is 10.1. The highest BCUT2D eigenvalue weighted by Gasteiger charge is 2.11. The van der Waals surface area contributed by atoms with E-state index in [1.807, 2.05) is 0 Å². The van der Waals surface area contributed by atoms with Crippen molar-refractivity contribution in [2.24, 2.45) is 0 Å². The molecule has 0 bridgehead atoms. The highest BCUT2D eigenvalue weighted by molar-refractivity contribution is 5.94. The average Bonchev–Trinajstić information content (AvgIpc) is 2.34. The van der Waals surface area contributed by atoms with Crippen LogP contribution in [0, 0.1) is 0 Å². The third kappa shape index (κ3) is 4.40. The number of aromatic nitrogens is 1. The molecular formula is C12H18N2O3. The Balaban J connectivity index is 2.55. The Labute approximate surface area is 101 Å². The van der Waals surface area contributed by atoms with Gasteiger partial charge in [0.25, 0.3) is 0 Å². The summed E-state index contributed by atoms with van der Waals surface area (Å²) in [5.41, 5.74) is 0.423. The fourth-order valence-electron chi connectivity index (χ4n) is 1.43. The van der Waals surface area contributed by atoms with Gasteiger partial charge in [0.05, 0.1) is 13.2 Å². The first kappa shape index (κ1) is 13.4. The molecule has 5 nitrogen and oxygen atoms in total. The van der Waals surface area contributed by atoms with Gasteiger partial charge in [-0.25, -0.2) is 9.78 Å². The van der Waals surface area contributed by atoms with Crippen molar-refractivity contribution in [2.45, 2.75) is 25.9 Å². The molecule has 1 aromatic rings. The molecule has 1 rings (SSSR count). The monoisotopic (exact) mass is 238 g/mol. The van der Waals surface area contributed by atoms with Gasteiger partial charge in [-0.2, -0.15) is 0 Å². The summed E-state index contributed by atoms with van der Waals surface area (Å²) < 4.78 is 4.66. The van der Waals surface area contributed by atoms with Crippen LogP contribution in [0.2, 0.25) is 0 Å². The summed E-state index contributed by atoms with van der Waals surface area (Å²) in [4.78, 5) is 15.5. The molecular weight excluding hydrogens is 220 g/mol. The molecule has 0 aromatic carbocycles. The van der Waals surface area contributed by atoms with E-state index in [0.29, 0.717) is 24.3 Å². The predicted octanol–water partition coefficient (Wildman–Crippen LogP) is 1.44. The molecule has 1 aromatic heterocycles. The van der Waals surface area contributed by atoms with Crippen molar-refractivity contribution in [3.63, 3.8) is 0 Å². The molecule has 5 heteroatoms. The first-order valence-corrected chi connectivity index (χ1v) is 5.60. The van der Waals surface area contributed by atoms with Crippen LogP contribution in [-0.2, 0) is 4.74 Å². The van der Waals surface area contributed by atoms with Gasteiger partial charge in [0.15, 0.2) is 0 Å². The molecule has 1 heterocycles. The van der Waals surface area contributed by atoms with Crippen molar-refractivity contribution in [1.29, 1.82) is 0 Å². The Morgan fingerprint density at radius 1 is 1.65 bits per heavy atom. The van der Waals surface area contributed by atoms with E-state index in [1.165, 1.54) is 7.11 Å². The molecule has 1 atom stereocenters. The van der Waals surface area contributed by atoms with Crippen LogP contribution in [0.4, 0.5) is 5.82 Å². The highest BCUT2D eigenvalue weighted by Crippen LogP contribution is 2.12. The quantitative estimate of drug-likeness (QED) is 0.579. The summed E-state index contributed by atoms with van der Waals surface area (Å²) in [6.45, 7) is 2.41. The lowest BCUT2D eigenvalue weighted by Gasteiger charge is -2.09. The summed E-state index contributed by atoms with van der Waals surface area (Å²) in [6, 6.07) is 3.35. The van der Waals surface area contributed by atoms with Crippen molar-refractivity contribution in [3.05, 3.63) is 23.9 Å². The molecule has 0 aliphatic rings. The fourth-order valence-corrected chi connectivity index (χ4v) is 1.43. The number of esters is 1. The Morgan fingerprint density at radius 3 is 3.06 bits per heavy atom. The number of pyridine rings is 1. The zero-order chi connectivity index (χ0) is 12.7. The largest absolute Gasteiger partial charge is 0.465 e. The van der Waals surface area contributed by atoms with Gasteiger partial charge < -0.3 is 15.2 Å². The molecule has 94 valence electrons. The van der Waals surface area contributed by atoms with E-state index < -0.39 is 5.97 Å². The van der Waals surface area contributed by atoms with Crippen LogP contribution < -0.4 is 5.32 Å². The van der Waals surface area contributed by atoms with Crippen molar-refractivity contribution < 1.29 is 14.6 Å². The Morgan fingerprint density at radius 2 is 2.41 bits per heavy atom. The first-order chi connectivity index (χ1) is 8.15. The predicted molar refractivity (Wildman–Crippen MR) is 65.0 cm³/mol. The van der Waals surface area contributed by atoms with Crippen LogP contribution >= 0.6 is 0 Å². The van der Waals surface area contributed by atoms with Crippen LogP contribution in [0.5, 0.6) is 0 Å². The molecule has 0 spiro atoms. The number of aliphatic hydroxyl groups excluding tert-OH is 1. The van der Waals surface area contributed by atoms with E-state index in [2.05, 4.69) is 15.0 Å². The second-order valence-corrected chi connectivity index (χ2v) is 3.81. The first-order valence-electron chi connectivity index (χ1n) is 5.60.